The maximum atomic E-state index is 10.6. The minimum absolute atomic E-state index is 0.534. The molecule has 4 aromatic carbocycles. The molecule has 0 aliphatic heterocycles. The number of hydrogen-bond acceptors (Lipinski definition) is 10. The zero-order valence-corrected chi connectivity index (χ0v) is 20.7. The van der Waals surface area contributed by atoms with E-state index in [2.05, 4.69) is 41.2 Å². The van der Waals surface area contributed by atoms with Crippen molar-refractivity contribution in [1.29, 1.82) is 0 Å². The second-order valence-electron chi connectivity index (χ2n) is 8.10. The Morgan fingerprint density at radius 1 is 0.475 bits per heavy atom. The predicted octanol–water partition coefficient (Wildman–Crippen LogP) is 4.94. The van der Waals surface area contributed by atoms with Gasteiger partial charge in [0, 0.05) is 22.3 Å². The van der Waals surface area contributed by atoms with Crippen LogP contribution in [0.25, 0.3) is 22.8 Å². The van der Waals surface area contributed by atoms with E-state index in [0.29, 0.717) is 45.8 Å². The van der Waals surface area contributed by atoms with Crippen molar-refractivity contribution >= 4 is 12.6 Å². The first-order valence-corrected chi connectivity index (χ1v) is 11.8. The van der Waals surface area contributed by atoms with E-state index in [1.165, 1.54) is 0 Å². The molecule has 12 nitrogen and oxygen atoms in total. The summed E-state index contributed by atoms with van der Waals surface area (Å²) in [6.07, 6.45) is 1.59. The lowest BCUT2D eigenvalue weighted by atomic mass is 10.2. The zero-order valence-electron chi connectivity index (χ0n) is 20.7. The molecule has 2 aromatic heterocycles. The van der Waals surface area contributed by atoms with Crippen LogP contribution in [0, 0.1) is 0 Å². The number of carbonyl (C=O) groups is 2. The molecule has 0 saturated heterocycles. The predicted molar refractivity (Wildman–Crippen MR) is 143 cm³/mol. The second kappa shape index (κ2) is 12.5. The number of carbonyl (C=O) groups excluding carboxylic acids is 2. The summed E-state index contributed by atoms with van der Waals surface area (Å²) in [7, 11) is 0. The Hall–Kier alpha value is -6.04. The molecule has 0 aliphatic rings. The van der Waals surface area contributed by atoms with Gasteiger partial charge in [-0.15, -0.1) is 20.4 Å². The Kier molecular flexibility index (Phi) is 7.98. The van der Waals surface area contributed by atoms with Crippen LogP contribution < -0.4 is 9.47 Å². The van der Waals surface area contributed by atoms with Gasteiger partial charge in [-0.05, 0) is 107 Å². The third-order valence-corrected chi connectivity index (χ3v) is 5.42. The molecule has 6 aromatic rings. The van der Waals surface area contributed by atoms with Gasteiger partial charge in [0.25, 0.3) is 0 Å². The minimum Gasteiger partial charge on any atom is -0.457 e. The van der Waals surface area contributed by atoms with Crippen molar-refractivity contribution in [3.63, 3.8) is 0 Å². The third-order valence-electron chi connectivity index (χ3n) is 5.42. The van der Waals surface area contributed by atoms with Crippen molar-refractivity contribution in [2.75, 3.05) is 0 Å². The summed E-state index contributed by atoms with van der Waals surface area (Å²) in [5.74, 6) is 3.79. The summed E-state index contributed by atoms with van der Waals surface area (Å²) < 4.78 is 11.3. The smallest absolute Gasteiger partial charge is 0.204 e. The van der Waals surface area contributed by atoms with E-state index in [4.69, 9.17) is 9.47 Å². The van der Waals surface area contributed by atoms with Gasteiger partial charge in [-0.2, -0.15) is 10.4 Å². The van der Waals surface area contributed by atoms with Crippen LogP contribution in [0.5, 0.6) is 23.0 Å². The fourth-order valence-electron chi connectivity index (χ4n) is 3.41. The Balaban J connectivity index is 0.000000161. The van der Waals surface area contributed by atoms with E-state index >= 15 is 0 Å². The lowest BCUT2D eigenvalue weighted by Gasteiger charge is -2.05. The number of aromatic nitrogens is 8. The van der Waals surface area contributed by atoms with Crippen molar-refractivity contribution in [2.45, 2.75) is 0 Å². The summed E-state index contributed by atoms with van der Waals surface area (Å²) in [5, 5.41) is 27.4. The number of nitrogens with zero attached hydrogens (tertiary/aromatic N) is 6. The molecule has 0 spiro atoms. The number of aromatic amines is 2. The highest BCUT2D eigenvalue weighted by Crippen LogP contribution is 2.25. The van der Waals surface area contributed by atoms with Crippen LogP contribution in [0.1, 0.15) is 20.7 Å². The Bertz CT molecular complexity index is 1510. The van der Waals surface area contributed by atoms with Crippen LogP contribution in [0.3, 0.4) is 0 Å². The molecule has 0 saturated carbocycles. The van der Waals surface area contributed by atoms with Crippen LogP contribution in [0.15, 0.2) is 97.1 Å². The molecule has 0 fully saturated rings. The quantitative estimate of drug-likeness (QED) is 0.257. The van der Waals surface area contributed by atoms with Gasteiger partial charge in [0.2, 0.25) is 11.6 Å². The topological polar surface area (TPSA) is 162 Å². The largest absolute Gasteiger partial charge is 0.457 e. The van der Waals surface area contributed by atoms with E-state index < -0.39 is 0 Å². The van der Waals surface area contributed by atoms with Gasteiger partial charge in [0.1, 0.15) is 35.6 Å². The highest BCUT2D eigenvalue weighted by atomic mass is 16.5. The number of hydrogen-bond donors (Lipinski definition) is 2. The average molecular weight is 533 g/mol. The molecule has 6 rings (SSSR count). The molecule has 0 bridgehead atoms. The van der Waals surface area contributed by atoms with Crippen LogP contribution >= 0.6 is 0 Å². The fraction of sp³-hybridized carbons (Fsp3) is 0. The Labute approximate surface area is 227 Å². The van der Waals surface area contributed by atoms with Crippen molar-refractivity contribution in [3.8, 4) is 45.8 Å². The molecule has 2 N–H and O–H groups in total. The molecular weight excluding hydrogens is 512 g/mol. The standard InChI is InChI=1S/2C14H10N4O2/c2*19-9-10-1-5-12(6-2-10)20-13-7-3-11(4-8-13)14-15-17-18-16-14/h2*1-9H,(H,15,16,17,18). The number of benzene rings is 4. The normalized spacial score (nSPS) is 10.2. The van der Waals surface area contributed by atoms with E-state index in [9.17, 15) is 9.59 Å². The highest BCUT2D eigenvalue weighted by Gasteiger charge is 2.05. The summed E-state index contributed by atoms with van der Waals surface area (Å²) >= 11 is 0. The Morgan fingerprint density at radius 2 is 0.800 bits per heavy atom. The first kappa shape index (κ1) is 25.6. The number of H-pyrrole nitrogens is 2. The molecule has 12 heteroatoms. The van der Waals surface area contributed by atoms with Gasteiger partial charge in [-0.1, -0.05) is 0 Å². The summed E-state index contributed by atoms with van der Waals surface area (Å²) in [5.41, 5.74) is 2.93. The molecule has 0 radical (unpaired) electrons. The second-order valence-corrected chi connectivity index (χ2v) is 8.10. The number of tetrazole rings is 2. The van der Waals surface area contributed by atoms with Crippen LogP contribution in [-0.2, 0) is 0 Å². The molecular formula is C28H20N8O4. The van der Waals surface area contributed by atoms with Gasteiger partial charge in [0.05, 0.1) is 0 Å². The molecule has 40 heavy (non-hydrogen) atoms. The maximum Gasteiger partial charge on any atom is 0.204 e. The van der Waals surface area contributed by atoms with Gasteiger partial charge < -0.3 is 9.47 Å². The molecule has 2 heterocycles. The number of rotatable bonds is 8. The van der Waals surface area contributed by atoms with E-state index in [-0.39, 0.29) is 0 Å². The summed E-state index contributed by atoms with van der Waals surface area (Å²) in [4.78, 5) is 21.1. The molecule has 0 atom stereocenters. The monoisotopic (exact) mass is 532 g/mol. The lowest BCUT2D eigenvalue weighted by molar-refractivity contribution is 0.111. The van der Waals surface area contributed by atoms with Crippen molar-refractivity contribution in [2.24, 2.45) is 0 Å². The SMILES string of the molecule is O=Cc1ccc(Oc2ccc(-c3nn[nH]n3)cc2)cc1.O=Cc1ccc(Oc2ccc(-c3nn[nH]n3)cc2)cc1. The highest BCUT2D eigenvalue weighted by molar-refractivity contribution is 5.75. The minimum atomic E-state index is 0.534. The molecule has 0 amide bonds. The molecule has 0 unspecified atom stereocenters. The van der Waals surface area contributed by atoms with Crippen molar-refractivity contribution < 1.29 is 19.1 Å². The maximum absolute atomic E-state index is 10.6. The third kappa shape index (κ3) is 6.63. The van der Waals surface area contributed by atoms with Crippen LogP contribution in [0.2, 0.25) is 0 Å². The average Bonchev–Trinajstić information content (AvgIpc) is 3.75. The van der Waals surface area contributed by atoms with E-state index in [1.54, 1.807) is 48.5 Å². The first-order chi connectivity index (χ1) is 19.7. The van der Waals surface area contributed by atoms with Gasteiger partial charge in [-0.25, -0.2) is 0 Å². The van der Waals surface area contributed by atoms with Gasteiger partial charge in [0.15, 0.2) is 0 Å². The van der Waals surface area contributed by atoms with E-state index in [0.717, 1.165) is 23.7 Å². The van der Waals surface area contributed by atoms with Crippen molar-refractivity contribution in [3.05, 3.63) is 108 Å². The molecule has 196 valence electrons. The number of nitrogens with one attached hydrogen (secondary N) is 2. The lowest BCUT2D eigenvalue weighted by Crippen LogP contribution is -1.86. The summed E-state index contributed by atoms with van der Waals surface area (Å²) in [6, 6.07) is 28.5. The van der Waals surface area contributed by atoms with Gasteiger partial charge in [-0.3, -0.25) is 9.59 Å². The van der Waals surface area contributed by atoms with Gasteiger partial charge >= 0.3 is 0 Å². The van der Waals surface area contributed by atoms with Crippen LogP contribution in [0.4, 0.5) is 0 Å². The zero-order chi connectivity index (χ0) is 27.6. The van der Waals surface area contributed by atoms with Crippen molar-refractivity contribution in [1.82, 2.24) is 41.2 Å². The van der Waals surface area contributed by atoms with E-state index in [1.807, 2.05) is 48.5 Å². The Morgan fingerprint density at radius 3 is 1.07 bits per heavy atom. The first-order valence-electron chi connectivity index (χ1n) is 11.8. The number of ether oxygens (including phenoxy) is 2. The molecule has 0 aliphatic carbocycles. The fourth-order valence-corrected chi connectivity index (χ4v) is 3.41. The van der Waals surface area contributed by atoms with Crippen LogP contribution in [-0.4, -0.2) is 53.8 Å². The summed E-state index contributed by atoms with van der Waals surface area (Å²) in [6.45, 7) is 0. The number of aldehydes is 2.